The molecule has 0 bridgehead atoms. The molecule has 0 spiro atoms. The Hall–Kier alpha value is -1.35. The van der Waals surface area contributed by atoms with E-state index in [1.54, 1.807) is 13.0 Å². The third-order valence-corrected chi connectivity index (χ3v) is 3.40. The van der Waals surface area contributed by atoms with Crippen molar-refractivity contribution in [3.8, 4) is 5.75 Å². The quantitative estimate of drug-likeness (QED) is 0.817. The summed E-state index contributed by atoms with van der Waals surface area (Å²) in [5, 5.41) is 0. The minimum absolute atomic E-state index is 0.0167. The topological polar surface area (TPSA) is 52.3 Å². The van der Waals surface area contributed by atoms with Crippen molar-refractivity contribution < 1.29 is 9.53 Å². The fourth-order valence-electron chi connectivity index (χ4n) is 2.15. The van der Waals surface area contributed by atoms with Gasteiger partial charge in [-0.1, -0.05) is 20.8 Å². The van der Waals surface area contributed by atoms with Gasteiger partial charge in [-0.3, -0.25) is 4.79 Å². The standard InChI is InChI=1S/C15H21NO2/c1-9(16)14(17)10-5-6-12-11(7-10)8-13(18-12)15(2,3)4/h5-7,9,13H,8,16H2,1-4H3. The Balaban J connectivity index is 2.25. The van der Waals surface area contributed by atoms with Gasteiger partial charge in [0.2, 0.25) is 0 Å². The summed E-state index contributed by atoms with van der Waals surface area (Å²) in [6.07, 6.45) is 1.03. The van der Waals surface area contributed by atoms with E-state index in [4.69, 9.17) is 10.5 Å². The van der Waals surface area contributed by atoms with Gasteiger partial charge in [0.15, 0.2) is 5.78 Å². The summed E-state index contributed by atoms with van der Waals surface area (Å²) in [6.45, 7) is 8.21. The number of hydrogen-bond donors (Lipinski definition) is 1. The molecule has 2 N–H and O–H groups in total. The van der Waals surface area contributed by atoms with Gasteiger partial charge in [0, 0.05) is 12.0 Å². The van der Waals surface area contributed by atoms with Crippen LogP contribution in [0.1, 0.15) is 43.6 Å². The van der Waals surface area contributed by atoms with Gasteiger partial charge in [-0.25, -0.2) is 0 Å². The van der Waals surface area contributed by atoms with Crippen LogP contribution in [-0.4, -0.2) is 17.9 Å². The summed E-state index contributed by atoms with van der Waals surface area (Å²) in [6, 6.07) is 5.16. The zero-order valence-electron chi connectivity index (χ0n) is 11.5. The molecule has 0 saturated carbocycles. The summed E-state index contributed by atoms with van der Waals surface area (Å²) in [4.78, 5) is 11.9. The van der Waals surface area contributed by atoms with Gasteiger partial charge < -0.3 is 10.5 Å². The third kappa shape index (κ3) is 2.41. The smallest absolute Gasteiger partial charge is 0.179 e. The average Bonchev–Trinajstić information content (AvgIpc) is 2.69. The maximum absolute atomic E-state index is 11.9. The second-order valence-corrected chi connectivity index (χ2v) is 6.15. The molecule has 0 fully saturated rings. The summed E-state index contributed by atoms with van der Waals surface area (Å²) < 4.78 is 5.92. The SMILES string of the molecule is CC(N)C(=O)c1ccc2c(c1)CC(C(C)(C)C)O2. The van der Waals surface area contributed by atoms with Gasteiger partial charge in [0.25, 0.3) is 0 Å². The number of carbonyl (C=O) groups excluding carboxylic acids is 1. The number of hydrogen-bond acceptors (Lipinski definition) is 3. The lowest BCUT2D eigenvalue weighted by atomic mass is 9.86. The number of ether oxygens (including phenoxy) is 1. The molecule has 1 heterocycles. The zero-order chi connectivity index (χ0) is 13.5. The molecule has 2 unspecified atom stereocenters. The van der Waals surface area contributed by atoms with Crippen LogP contribution in [0.3, 0.4) is 0 Å². The predicted molar refractivity (Wildman–Crippen MR) is 72.0 cm³/mol. The lowest BCUT2D eigenvalue weighted by Crippen LogP contribution is -2.30. The fraction of sp³-hybridized carbons (Fsp3) is 0.533. The highest BCUT2D eigenvalue weighted by atomic mass is 16.5. The van der Waals surface area contributed by atoms with Gasteiger partial charge in [-0.15, -0.1) is 0 Å². The minimum atomic E-state index is -0.455. The molecule has 1 aliphatic rings. The first-order valence-corrected chi connectivity index (χ1v) is 6.38. The van der Waals surface area contributed by atoms with Crippen LogP contribution in [0.15, 0.2) is 18.2 Å². The fourth-order valence-corrected chi connectivity index (χ4v) is 2.15. The van der Waals surface area contributed by atoms with E-state index in [0.29, 0.717) is 5.56 Å². The molecule has 1 aromatic carbocycles. The number of fused-ring (bicyclic) bond motifs is 1. The largest absolute Gasteiger partial charge is 0.489 e. The highest BCUT2D eigenvalue weighted by molar-refractivity contribution is 6.00. The Kier molecular flexibility index (Phi) is 3.20. The molecule has 0 radical (unpaired) electrons. The van der Waals surface area contributed by atoms with Crippen molar-refractivity contribution in [2.45, 2.75) is 46.3 Å². The molecule has 3 nitrogen and oxygen atoms in total. The van der Waals surface area contributed by atoms with E-state index in [1.165, 1.54) is 0 Å². The Morgan fingerprint density at radius 3 is 2.67 bits per heavy atom. The number of Topliss-reactive ketones (excluding diaryl/α,β-unsaturated/α-hetero) is 1. The van der Waals surface area contributed by atoms with Crippen LogP contribution in [-0.2, 0) is 6.42 Å². The lowest BCUT2D eigenvalue weighted by molar-refractivity contribution is 0.0968. The van der Waals surface area contributed by atoms with Gasteiger partial charge in [-0.2, -0.15) is 0 Å². The molecular weight excluding hydrogens is 226 g/mol. The molecule has 0 aromatic heterocycles. The highest BCUT2D eigenvalue weighted by Crippen LogP contribution is 2.37. The van der Waals surface area contributed by atoms with Crippen molar-refractivity contribution in [3.63, 3.8) is 0 Å². The number of carbonyl (C=O) groups is 1. The van der Waals surface area contributed by atoms with Crippen molar-refractivity contribution in [1.82, 2.24) is 0 Å². The first-order chi connectivity index (χ1) is 8.29. The van der Waals surface area contributed by atoms with E-state index < -0.39 is 6.04 Å². The first-order valence-electron chi connectivity index (χ1n) is 6.38. The number of nitrogens with two attached hydrogens (primary N) is 1. The van der Waals surface area contributed by atoms with E-state index in [1.807, 2.05) is 12.1 Å². The maximum Gasteiger partial charge on any atom is 0.179 e. The number of benzene rings is 1. The van der Waals surface area contributed by atoms with Crippen LogP contribution in [0.25, 0.3) is 0 Å². The average molecular weight is 247 g/mol. The molecule has 0 aliphatic carbocycles. The van der Waals surface area contributed by atoms with Crippen molar-refractivity contribution >= 4 is 5.78 Å². The van der Waals surface area contributed by atoms with Gasteiger partial charge in [0.05, 0.1) is 6.04 Å². The molecular formula is C15H21NO2. The summed E-state index contributed by atoms with van der Waals surface area (Å²) in [7, 11) is 0. The highest BCUT2D eigenvalue weighted by Gasteiger charge is 2.33. The van der Waals surface area contributed by atoms with E-state index in [-0.39, 0.29) is 17.3 Å². The molecule has 3 heteroatoms. The van der Waals surface area contributed by atoms with Crippen molar-refractivity contribution in [2.75, 3.05) is 0 Å². The van der Waals surface area contributed by atoms with Crippen molar-refractivity contribution in [3.05, 3.63) is 29.3 Å². The Labute approximate surface area is 108 Å². The minimum Gasteiger partial charge on any atom is -0.489 e. The molecule has 98 valence electrons. The number of rotatable bonds is 2. The molecule has 2 rings (SSSR count). The summed E-state index contributed by atoms with van der Waals surface area (Å²) in [5.41, 5.74) is 7.53. The third-order valence-electron chi connectivity index (χ3n) is 3.40. The number of ketones is 1. The van der Waals surface area contributed by atoms with Crippen LogP contribution in [0, 0.1) is 5.41 Å². The second-order valence-electron chi connectivity index (χ2n) is 6.15. The van der Waals surface area contributed by atoms with Crippen molar-refractivity contribution in [2.24, 2.45) is 11.1 Å². The monoisotopic (exact) mass is 247 g/mol. The first kappa shape index (κ1) is 13.1. The molecule has 2 atom stereocenters. The van der Waals surface area contributed by atoms with E-state index in [2.05, 4.69) is 20.8 Å². The molecule has 1 aromatic rings. The molecule has 0 amide bonds. The molecule has 1 aliphatic heterocycles. The van der Waals surface area contributed by atoms with E-state index in [9.17, 15) is 4.79 Å². The van der Waals surface area contributed by atoms with Crippen molar-refractivity contribution in [1.29, 1.82) is 0 Å². The Morgan fingerprint density at radius 2 is 2.11 bits per heavy atom. The van der Waals surface area contributed by atoms with Crippen LogP contribution in [0.4, 0.5) is 0 Å². The van der Waals surface area contributed by atoms with Crippen LogP contribution < -0.4 is 10.5 Å². The molecule has 0 saturated heterocycles. The maximum atomic E-state index is 11.9. The van der Waals surface area contributed by atoms with E-state index >= 15 is 0 Å². The molecule has 18 heavy (non-hydrogen) atoms. The summed E-state index contributed by atoms with van der Waals surface area (Å²) in [5.74, 6) is 0.883. The van der Waals surface area contributed by atoms with Crippen LogP contribution in [0.2, 0.25) is 0 Å². The van der Waals surface area contributed by atoms with Gasteiger partial charge in [0.1, 0.15) is 11.9 Å². The Morgan fingerprint density at radius 1 is 1.44 bits per heavy atom. The predicted octanol–water partition coefficient (Wildman–Crippen LogP) is 2.57. The normalized spacial score (nSPS) is 20.2. The zero-order valence-corrected chi connectivity index (χ0v) is 11.5. The lowest BCUT2D eigenvalue weighted by Gasteiger charge is -2.25. The summed E-state index contributed by atoms with van der Waals surface area (Å²) >= 11 is 0. The van der Waals surface area contributed by atoms with Gasteiger partial charge in [-0.05, 0) is 36.1 Å². The van der Waals surface area contributed by atoms with Crippen LogP contribution in [0.5, 0.6) is 5.75 Å². The van der Waals surface area contributed by atoms with Crippen LogP contribution >= 0.6 is 0 Å². The Bertz CT molecular complexity index is 472. The van der Waals surface area contributed by atoms with E-state index in [0.717, 1.165) is 17.7 Å². The second kappa shape index (κ2) is 4.39. The van der Waals surface area contributed by atoms with Gasteiger partial charge >= 0.3 is 0 Å².